The maximum absolute atomic E-state index is 12.7. The molecular formula is C12H17N3O5S. The number of nitro benzene ring substituents is 1. The zero-order valence-electron chi connectivity index (χ0n) is 11.3. The van der Waals surface area contributed by atoms with Crippen molar-refractivity contribution in [1.29, 1.82) is 0 Å². The molecule has 2 rings (SSSR count). The van der Waals surface area contributed by atoms with Gasteiger partial charge in [-0.15, -0.1) is 0 Å². The van der Waals surface area contributed by atoms with Crippen LogP contribution >= 0.6 is 0 Å². The quantitative estimate of drug-likeness (QED) is 0.478. The summed E-state index contributed by atoms with van der Waals surface area (Å²) in [6, 6.07) is 3.28. The van der Waals surface area contributed by atoms with E-state index in [2.05, 4.69) is 0 Å². The molecule has 1 unspecified atom stereocenters. The van der Waals surface area contributed by atoms with Gasteiger partial charge in [0.2, 0.25) is 10.0 Å². The topological polar surface area (TPSA) is 127 Å². The molecule has 0 aliphatic carbocycles. The van der Waals surface area contributed by atoms with Crippen molar-refractivity contribution >= 4 is 21.4 Å². The van der Waals surface area contributed by atoms with Crippen LogP contribution < -0.4 is 5.73 Å². The fourth-order valence-electron chi connectivity index (χ4n) is 2.54. The van der Waals surface area contributed by atoms with Gasteiger partial charge in [-0.25, -0.2) is 8.42 Å². The minimum atomic E-state index is -4.07. The second kappa shape index (κ2) is 5.96. The number of aliphatic hydroxyl groups is 1. The number of nitrogen functional groups attached to an aromatic ring is 1. The van der Waals surface area contributed by atoms with Gasteiger partial charge in [-0.05, 0) is 25.0 Å². The van der Waals surface area contributed by atoms with Crippen LogP contribution in [0.1, 0.15) is 19.3 Å². The molecule has 1 fully saturated rings. The largest absolute Gasteiger partial charge is 0.395 e. The second-order valence-corrected chi connectivity index (χ2v) is 6.76. The molecule has 21 heavy (non-hydrogen) atoms. The van der Waals surface area contributed by atoms with Crippen LogP contribution in [0, 0.1) is 10.1 Å². The number of benzene rings is 1. The van der Waals surface area contributed by atoms with Gasteiger partial charge < -0.3 is 10.8 Å². The summed E-state index contributed by atoms with van der Waals surface area (Å²) >= 11 is 0. The summed E-state index contributed by atoms with van der Waals surface area (Å²) in [5.74, 6) is 0. The van der Waals surface area contributed by atoms with Gasteiger partial charge in [-0.1, -0.05) is 12.5 Å². The Balaban J connectivity index is 2.54. The summed E-state index contributed by atoms with van der Waals surface area (Å²) < 4.78 is 26.5. The molecule has 0 radical (unpaired) electrons. The summed E-state index contributed by atoms with van der Waals surface area (Å²) in [7, 11) is -4.07. The third kappa shape index (κ3) is 2.85. The lowest BCUT2D eigenvalue weighted by atomic mass is 10.1. The van der Waals surface area contributed by atoms with Gasteiger partial charge >= 0.3 is 5.69 Å². The molecule has 1 atom stereocenters. The number of rotatable bonds is 4. The van der Waals surface area contributed by atoms with Crippen molar-refractivity contribution in [2.75, 3.05) is 18.9 Å². The minimum absolute atomic E-state index is 0.196. The smallest absolute Gasteiger partial charge is 0.312 e. The summed E-state index contributed by atoms with van der Waals surface area (Å²) in [5.41, 5.74) is 4.73. The average Bonchev–Trinajstić information content (AvgIpc) is 2.46. The SMILES string of the molecule is Nc1cccc(S(=O)(=O)N2CCCCC2CO)c1[N+](=O)[O-]. The van der Waals surface area contributed by atoms with Crippen LogP contribution in [0.5, 0.6) is 0 Å². The van der Waals surface area contributed by atoms with Gasteiger partial charge in [-0.2, -0.15) is 4.31 Å². The summed E-state index contributed by atoms with van der Waals surface area (Å²) in [5, 5.41) is 20.5. The summed E-state index contributed by atoms with van der Waals surface area (Å²) in [4.78, 5) is 9.90. The van der Waals surface area contributed by atoms with E-state index in [-0.39, 0.29) is 18.8 Å². The molecule has 0 bridgehead atoms. The molecule has 116 valence electrons. The molecule has 0 amide bonds. The molecule has 0 spiro atoms. The number of anilines is 1. The van der Waals surface area contributed by atoms with Crippen LogP contribution in [-0.2, 0) is 10.0 Å². The Kier molecular flexibility index (Phi) is 4.45. The molecule has 1 aliphatic heterocycles. The van der Waals surface area contributed by atoms with E-state index in [1.807, 2.05) is 0 Å². The molecule has 8 nitrogen and oxygen atoms in total. The molecule has 1 aromatic rings. The second-order valence-electron chi connectivity index (χ2n) is 4.90. The maximum atomic E-state index is 12.7. The van der Waals surface area contributed by atoms with E-state index < -0.39 is 31.6 Å². The predicted molar refractivity (Wildman–Crippen MR) is 76.1 cm³/mol. The molecule has 9 heteroatoms. The Morgan fingerprint density at radius 2 is 2.14 bits per heavy atom. The number of hydrogen-bond acceptors (Lipinski definition) is 6. The fraction of sp³-hybridized carbons (Fsp3) is 0.500. The molecule has 1 heterocycles. The van der Waals surface area contributed by atoms with Gasteiger partial charge in [0, 0.05) is 12.6 Å². The number of sulfonamides is 1. The van der Waals surface area contributed by atoms with Crippen LogP contribution in [0.15, 0.2) is 23.1 Å². The molecular weight excluding hydrogens is 298 g/mol. The molecule has 1 aliphatic rings. The molecule has 1 aromatic carbocycles. The number of nitrogens with zero attached hydrogens (tertiary/aromatic N) is 2. The van der Waals surface area contributed by atoms with E-state index in [0.717, 1.165) is 10.7 Å². The number of para-hydroxylation sites is 1. The standard InChI is InChI=1S/C12H17N3O5S/c13-10-5-3-6-11(12(10)15(17)18)21(19,20)14-7-2-1-4-9(14)8-16/h3,5-6,9,16H,1-2,4,7-8,13H2. The normalized spacial score (nSPS) is 20.3. The highest BCUT2D eigenvalue weighted by molar-refractivity contribution is 7.89. The van der Waals surface area contributed by atoms with Crippen molar-refractivity contribution in [2.45, 2.75) is 30.2 Å². The van der Waals surface area contributed by atoms with Crippen LogP contribution in [0.2, 0.25) is 0 Å². The van der Waals surface area contributed by atoms with E-state index in [0.29, 0.717) is 12.8 Å². The van der Waals surface area contributed by atoms with Crippen molar-refractivity contribution in [3.63, 3.8) is 0 Å². The zero-order chi connectivity index (χ0) is 15.6. The number of aliphatic hydroxyl groups excluding tert-OH is 1. The van der Waals surface area contributed by atoms with Gasteiger partial charge in [0.25, 0.3) is 0 Å². The monoisotopic (exact) mass is 315 g/mol. The van der Waals surface area contributed by atoms with Crippen molar-refractivity contribution in [2.24, 2.45) is 0 Å². The van der Waals surface area contributed by atoms with Crippen molar-refractivity contribution < 1.29 is 18.4 Å². The number of hydrogen-bond donors (Lipinski definition) is 2. The summed E-state index contributed by atoms with van der Waals surface area (Å²) in [6.45, 7) is -0.0745. The average molecular weight is 315 g/mol. The predicted octanol–water partition coefficient (Wildman–Crippen LogP) is 0.713. The van der Waals surface area contributed by atoms with E-state index >= 15 is 0 Å². The number of piperidine rings is 1. The molecule has 0 saturated carbocycles. The van der Waals surface area contributed by atoms with Crippen LogP contribution in [0.4, 0.5) is 11.4 Å². The van der Waals surface area contributed by atoms with Gasteiger partial charge in [0.05, 0.1) is 11.5 Å². The van der Waals surface area contributed by atoms with Crippen LogP contribution in [0.25, 0.3) is 0 Å². The first-order chi connectivity index (χ1) is 9.89. The van der Waals surface area contributed by atoms with Gasteiger partial charge in [0.15, 0.2) is 4.90 Å². The number of nitro groups is 1. The highest BCUT2D eigenvalue weighted by Gasteiger charge is 2.37. The maximum Gasteiger partial charge on any atom is 0.312 e. The van der Waals surface area contributed by atoms with E-state index in [1.165, 1.54) is 18.2 Å². The van der Waals surface area contributed by atoms with Gasteiger partial charge in [0.1, 0.15) is 5.69 Å². The molecule has 0 aromatic heterocycles. The Hall–Kier alpha value is -1.71. The van der Waals surface area contributed by atoms with Crippen molar-refractivity contribution in [3.8, 4) is 0 Å². The Labute approximate surface area is 122 Å². The fourth-order valence-corrected chi connectivity index (χ4v) is 4.42. The first kappa shape index (κ1) is 15.7. The third-order valence-electron chi connectivity index (χ3n) is 3.58. The molecule has 1 saturated heterocycles. The lowest BCUT2D eigenvalue weighted by Crippen LogP contribution is -2.45. The Bertz CT molecular complexity index is 646. The van der Waals surface area contributed by atoms with Crippen LogP contribution in [-0.4, -0.2) is 41.9 Å². The van der Waals surface area contributed by atoms with Crippen molar-refractivity contribution in [1.82, 2.24) is 4.31 Å². The van der Waals surface area contributed by atoms with E-state index in [9.17, 15) is 23.6 Å². The first-order valence-electron chi connectivity index (χ1n) is 6.55. The summed E-state index contributed by atoms with van der Waals surface area (Å²) in [6.07, 6.45) is 2.01. The van der Waals surface area contributed by atoms with Gasteiger partial charge in [-0.3, -0.25) is 10.1 Å². The minimum Gasteiger partial charge on any atom is -0.395 e. The van der Waals surface area contributed by atoms with Crippen molar-refractivity contribution in [3.05, 3.63) is 28.3 Å². The highest BCUT2D eigenvalue weighted by Crippen LogP contribution is 2.34. The highest BCUT2D eigenvalue weighted by atomic mass is 32.2. The lowest BCUT2D eigenvalue weighted by Gasteiger charge is -2.33. The number of nitrogens with two attached hydrogens (primary N) is 1. The van der Waals surface area contributed by atoms with Crippen LogP contribution in [0.3, 0.4) is 0 Å². The van der Waals surface area contributed by atoms with E-state index in [1.54, 1.807) is 0 Å². The zero-order valence-corrected chi connectivity index (χ0v) is 12.1. The lowest BCUT2D eigenvalue weighted by molar-refractivity contribution is -0.386. The Morgan fingerprint density at radius 1 is 1.43 bits per heavy atom. The first-order valence-corrected chi connectivity index (χ1v) is 7.99. The molecule has 3 N–H and O–H groups in total. The van der Waals surface area contributed by atoms with E-state index in [4.69, 9.17) is 5.73 Å². The Morgan fingerprint density at radius 3 is 2.76 bits per heavy atom. The third-order valence-corrected chi connectivity index (χ3v) is 5.57.